The summed E-state index contributed by atoms with van der Waals surface area (Å²) in [5.41, 5.74) is 4.30. The molecule has 0 bridgehead atoms. The second kappa shape index (κ2) is 6.01. The van der Waals surface area contributed by atoms with E-state index < -0.39 is 0 Å². The second-order valence-corrected chi connectivity index (χ2v) is 8.65. The summed E-state index contributed by atoms with van der Waals surface area (Å²) in [5, 5.41) is 1.38. The third kappa shape index (κ3) is 2.89. The number of fused-ring (bicyclic) bond motifs is 1. The highest BCUT2D eigenvalue weighted by Crippen LogP contribution is 2.36. The number of hydrogen-bond donors (Lipinski definition) is 1. The summed E-state index contributed by atoms with van der Waals surface area (Å²) in [6, 6.07) is 8.83. The van der Waals surface area contributed by atoms with Crippen LogP contribution in [0.1, 0.15) is 45.1 Å². The Morgan fingerprint density at radius 1 is 1.17 bits per heavy atom. The Kier molecular flexibility index (Phi) is 3.97. The maximum absolute atomic E-state index is 4.24. The van der Waals surface area contributed by atoms with Gasteiger partial charge in [0.25, 0.3) is 0 Å². The number of hydrogen-bond acceptors (Lipinski definition) is 3. The highest BCUT2D eigenvalue weighted by Gasteiger charge is 2.28. The van der Waals surface area contributed by atoms with Gasteiger partial charge in [-0.1, -0.05) is 6.07 Å². The Morgan fingerprint density at radius 2 is 1.96 bits per heavy atom. The summed E-state index contributed by atoms with van der Waals surface area (Å²) in [6.07, 6.45) is 6.60. The second-order valence-electron chi connectivity index (χ2n) is 7.81. The van der Waals surface area contributed by atoms with Crippen LogP contribution in [0.5, 0.6) is 0 Å². The monoisotopic (exact) mass is 339 g/mol. The number of nitrogens with zero attached hydrogens (tertiary/aromatic N) is 2. The van der Waals surface area contributed by atoms with Gasteiger partial charge in [0.1, 0.15) is 0 Å². The topological polar surface area (TPSA) is 31.9 Å². The quantitative estimate of drug-likeness (QED) is 0.690. The van der Waals surface area contributed by atoms with Crippen LogP contribution >= 0.6 is 11.5 Å². The molecule has 3 heterocycles. The molecule has 126 valence electrons. The van der Waals surface area contributed by atoms with Crippen molar-refractivity contribution in [3.63, 3.8) is 0 Å². The lowest BCUT2D eigenvalue weighted by Crippen LogP contribution is -2.45. The first-order chi connectivity index (χ1) is 11.5. The van der Waals surface area contributed by atoms with Crippen molar-refractivity contribution in [1.29, 1.82) is 0 Å². The van der Waals surface area contributed by atoms with Crippen LogP contribution in [-0.2, 0) is 0 Å². The van der Waals surface area contributed by atoms with Crippen LogP contribution < -0.4 is 0 Å². The fourth-order valence-electron chi connectivity index (χ4n) is 3.86. The van der Waals surface area contributed by atoms with Crippen LogP contribution in [0.15, 0.2) is 36.7 Å². The molecule has 0 radical (unpaired) electrons. The maximum atomic E-state index is 4.24. The van der Waals surface area contributed by atoms with E-state index in [0.29, 0.717) is 5.92 Å². The number of likely N-dealkylation sites (tertiary alicyclic amines) is 1. The lowest BCUT2D eigenvalue weighted by molar-refractivity contribution is 0.102. The molecule has 0 unspecified atom stereocenters. The normalized spacial score (nSPS) is 17.6. The SMILES string of the molecule is CC(C)(C)N1CCC(c2c[nH]c3ccc(-c4ccns4)cc23)CC1. The summed E-state index contributed by atoms with van der Waals surface area (Å²) in [4.78, 5) is 7.33. The molecule has 1 aliphatic rings. The molecule has 4 rings (SSSR count). The highest BCUT2D eigenvalue weighted by molar-refractivity contribution is 7.09. The molecular formula is C20H25N3S. The van der Waals surface area contributed by atoms with Crippen molar-refractivity contribution < 1.29 is 0 Å². The zero-order valence-electron chi connectivity index (χ0n) is 14.7. The van der Waals surface area contributed by atoms with Crippen molar-refractivity contribution in [1.82, 2.24) is 14.3 Å². The molecule has 3 nitrogen and oxygen atoms in total. The number of aromatic nitrogens is 2. The molecule has 0 spiro atoms. The Balaban J connectivity index is 1.62. The largest absolute Gasteiger partial charge is 0.361 e. The summed E-state index contributed by atoms with van der Waals surface area (Å²) in [6.45, 7) is 9.34. The van der Waals surface area contributed by atoms with E-state index >= 15 is 0 Å². The van der Waals surface area contributed by atoms with E-state index in [2.05, 4.69) is 65.5 Å². The van der Waals surface area contributed by atoms with Gasteiger partial charge in [0.15, 0.2) is 0 Å². The number of benzene rings is 1. The van der Waals surface area contributed by atoms with Gasteiger partial charge in [-0.2, -0.15) is 0 Å². The number of aromatic amines is 1. The molecule has 2 aromatic heterocycles. The fraction of sp³-hybridized carbons (Fsp3) is 0.450. The van der Waals surface area contributed by atoms with Crippen molar-refractivity contribution in [3.05, 3.63) is 42.2 Å². The molecule has 1 aliphatic heterocycles. The number of piperidine rings is 1. The Labute approximate surface area is 147 Å². The van der Waals surface area contributed by atoms with Crippen LogP contribution in [0.3, 0.4) is 0 Å². The van der Waals surface area contributed by atoms with Crippen LogP contribution in [0.2, 0.25) is 0 Å². The van der Waals surface area contributed by atoms with Gasteiger partial charge in [0.05, 0.1) is 4.88 Å². The summed E-state index contributed by atoms with van der Waals surface area (Å²) in [5.74, 6) is 0.661. The number of nitrogens with one attached hydrogen (secondary N) is 1. The van der Waals surface area contributed by atoms with E-state index in [1.165, 1.54) is 52.8 Å². The van der Waals surface area contributed by atoms with Gasteiger partial charge in [-0.25, -0.2) is 4.37 Å². The van der Waals surface area contributed by atoms with Crippen molar-refractivity contribution in [2.24, 2.45) is 0 Å². The van der Waals surface area contributed by atoms with E-state index in [1.807, 2.05) is 6.20 Å². The third-order valence-electron chi connectivity index (χ3n) is 5.32. The first kappa shape index (κ1) is 15.9. The van der Waals surface area contributed by atoms with Gasteiger partial charge in [0.2, 0.25) is 0 Å². The number of rotatable bonds is 2. The van der Waals surface area contributed by atoms with E-state index in [0.717, 1.165) is 0 Å². The molecule has 4 heteroatoms. The van der Waals surface area contributed by atoms with Gasteiger partial charge in [-0.15, -0.1) is 0 Å². The average molecular weight is 340 g/mol. The molecule has 0 saturated carbocycles. The molecule has 24 heavy (non-hydrogen) atoms. The van der Waals surface area contributed by atoms with Gasteiger partial charge < -0.3 is 4.98 Å². The van der Waals surface area contributed by atoms with Crippen LogP contribution in [0.25, 0.3) is 21.3 Å². The first-order valence-corrected chi connectivity index (χ1v) is 9.57. The van der Waals surface area contributed by atoms with E-state index in [-0.39, 0.29) is 5.54 Å². The molecule has 0 aliphatic carbocycles. The van der Waals surface area contributed by atoms with E-state index in [4.69, 9.17) is 0 Å². The minimum Gasteiger partial charge on any atom is -0.361 e. The summed E-state index contributed by atoms with van der Waals surface area (Å²) >= 11 is 1.56. The predicted octanol–water partition coefficient (Wildman–Crippen LogP) is 5.27. The first-order valence-electron chi connectivity index (χ1n) is 8.79. The van der Waals surface area contributed by atoms with Gasteiger partial charge in [-0.05, 0) is 93.5 Å². The lowest BCUT2D eigenvalue weighted by Gasteiger charge is -2.41. The predicted molar refractivity (Wildman–Crippen MR) is 103 cm³/mol. The zero-order chi connectivity index (χ0) is 16.7. The molecule has 1 aromatic carbocycles. The van der Waals surface area contributed by atoms with Crippen molar-refractivity contribution in [2.75, 3.05) is 13.1 Å². The molecule has 3 aromatic rings. The van der Waals surface area contributed by atoms with Crippen LogP contribution in [0, 0.1) is 0 Å². The Hall–Kier alpha value is -1.65. The third-order valence-corrected chi connectivity index (χ3v) is 6.12. The van der Waals surface area contributed by atoms with Crippen molar-refractivity contribution in [3.8, 4) is 10.4 Å². The number of H-pyrrole nitrogens is 1. The van der Waals surface area contributed by atoms with E-state index in [1.54, 1.807) is 11.5 Å². The van der Waals surface area contributed by atoms with Gasteiger partial charge in [-0.3, -0.25) is 4.90 Å². The minimum atomic E-state index is 0.282. The molecular weight excluding hydrogens is 314 g/mol. The maximum Gasteiger partial charge on any atom is 0.0550 e. The zero-order valence-corrected chi connectivity index (χ0v) is 15.5. The summed E-state index contributed by atoms with van der Waals surface area (Å²) in [7, 11) is 0. The van der Waals surface area contributed by atoms with Gasteiger partial charge in [0, 0.05) is 28.8 Å². The van der Waals surface area contributed by atoms with Gasteiger partial charge >= 0.3 is 0 Å². The lowest BCUT2D eigenvalue weighted by atomic mass is 9.87. The Bertz CT molecular complexity index is 818. The van der Waals surface area contributed by atoms with Crippen LogP contribution in [-0.4, -0.2) is 32.9 Å². The van der Waals surface area contributed by atoms with Crippen LogP contribution in [0.4, 0.5) is 0 Å². The van der Waals surface area contributed by atoms with Crippen molar-refractivity contribution in [2.45, 2.75) is 45.1 Å². The highest BCUT2D eigenvalue weighted by atomic mass is 32.1. The summed E-state index contributed by atoms with van der Waals surface area (Å²) < 4.78 is 4.24. The standard InChI is InChI=1S/C20H25N3S/c1-20(2,3)23-10-7-14(8-11-23)17-13-21-18-5-4-15(12-16(17)18)19-6-9-22-24-19/h4-6,9,12-14,21H,7-8,10-11H2,1-3H3. The Morgan fingerprint density at radius 3 is 2.62 bits per heavy atom. The molecule has 0 atom stereocenters. The fourth-order valence-corrected chi connectivity index (χ4v) is 4.45. The minimum absolute atomic E-state index is 0.282. The molecule has 1 fully saturated rings. The smallest absolute Gasteiger partial charge is 0.0550 e. The average Bonchev–Trinajstić information content (AvgIpc) is 3.23. The van der Waals surface area contributed by atoms with Crippen molar-refractivity contribution >= 4 is 22.4 Å². The molecule has 0 amide bonds. The molecule has 1 N–H and O–H groups in total. The molecule has 1 saturated heterocycles. The van der Waals surface area contributed by atoms with E-state index in [9.17, 15) is 0 Å².